The highest BCUT2D eigenvalue weighted by molar-refractivity contribution is 5.87. The van der Waals surface area contributed by atoms with Gasteiger partial charge in [-0.15, -0.1) is 0 Å². The van der Waals surface area contributed by atoms with Crippen LogP contribution in [0.1, 0.15) is 47.0 Å². The van der Waals surface area contributed by atoms with Gasteiger partial charge in [0.1, 0.15) is 0 Å². The molecule has 2 aliphatic rings. The molecule has 5 rings (SSSR count). The maximum Gasteiger partial charge on any atom is 0.0486 e. The summed E-state index contributed by atoms with van der Waals surface area (Å²) in [6.45, 7) is 5.29. The van der Waals surface area contributed by atoms with Gasteiger partial charge in [-0.1, -0.05) is 17.7 Å². The Kier molecular flexibility index (Phi) is 3.46. The van der Waals surface area contributed by atoms with E-state index in [1.165, 1.54) is 41.3 Å². The summed E-state index contributed by atoms with van der Waals surface area (Å²) in [5.41, 5.74) is 8.33. The van der Waals surface area contributed by atoms with E-state index in [1.54, 1.807) is 11.3 Å². The van der Waals surface area contributed by atoms with Crippen molar-refractivity contribution in [3.05, 3.63) is 64.6 Å². The Hall–Kier alpha value is -2.13. The first-order valence-electron chi connectivity index (χ1n) is 9.48. The van der Waals surface area contributed by atoms with E-state index in [9.17, 15) is 0 Å². The highest BCUT2D eigenvalue weighted by Crippen LogP contribution is 2.42. The number of fused-ring (bicyclic) bond motifs is 6. The number of aromatic nitrogens is 2. The van der Waals surface area contributed by atoms with Gasteiger partial charge in [0.25, 0.3) is 0 Å². The van der Waals surface area contributed by atoms with Crippen LogP contribution in [0.2, 0.25) is 0 Å². The van der Waals surface area contributed by atoms with E-state index in [0.29, 0.717) is 12.1 Å². The summed E-state index contributed by atoms with van der Waals surface area (Å²) in [5, 5.41) is 5.30. The van der Waals surface area contributed by atoms with Gasteiger partial charge < -0.3 is 9.88 Å². The third kappa shape index (κ3) is 2.49. The molecule has 1 saturated heterocycles. The molecule has 0 spiro atoms. The van der Waals surface area contributed by atoms with E-state index >= 15 is 0 Å². The molecule has 3 aromatic rings. The number of hydrogen-bond acceptors (Lipinski definition) is 2. The van der Waals surface area contributed by atoms with Gasteiger partial charge in [0, 0.05) is 53.5 Å². The Balaban J connectivity index is 1.58. The molecular formula is C22H25N3. The molecule has 25 heavy (non-hydrogen) atoms. The molecule has 0 saturated carbocycles. The number of nitrogens with zero attached hydrogens (tertiary/aromatic N) is 2. The lowest BCUT2D eigenvalue weighted by Gasteiger charge is -2.24. The summed E-state index contributed by atoms with van der Waals surface area (Å²) in [7, 11) is 0. The molecule has 0 amide bonds. The van der Waals surface area contributed by atoms with Crippen LogP contribution in [0.4, 0.5) is 0 Å². The van der Waals surface area contributed by atoms with Crippen LogP contribution in [-0.4, -0.2) is 15.6 Å². The predicted octanol–water partition coefficient (Wildman–Crippen LogP) is 4.25. The van der Waals surface area contributed by atoms with Gasteiger partial charge in [-0.05, 0) is 62.4 Å². The van der Waals surface area contributed by atoms with Crippen molar-refractivity contribution >= 4 is 10.9 Å². The fraction of sp³-hybridized carbons (Fsp3) is 0.409. The van der Waals surface area contributed by atoms with Gasteiger partial charge in [-0.3, -0.25) is 4.98 Å². The second kappa shape index (κ2) is 5.70. The number of hydrogen-bond donors (Lipinski definition) is 1. The Labute approximate surface area is 149 Å². The molecule has 1 fully saturated rings. The van der Waals surface area contributed by atoms with Crippen molar-refractivity contribution in [2.45, 2.75) is 58.2 Å². The number of benzene rings is 1. The third-order valence-corrected chi connectivity index (χ3v) is 6.00. The fourth-order valence-corrected chi connectivity index (χ4v) is 4.74. The Morgan fingerprint density at radius 3 is 2.92 bits per heavy atom. The smallest absolute Gasteiger partial charge is 0.0486 e. The number of pyridine rings is 1. The van der Waals surface area contributed by atoms with Crippen LogP contribution in [0.5, 0.6) is 0 Å². The number of rotatable bonds is 3. The monoisotopic (exact) mass is 331 g/mol. The van der Waals surface area contributed by atoms with Crippen molar-refractivity contribution in [2.24, 2.45) is 0 Å². The Morgan fingerprint density at radius 1 is 1.16 bits per heavy atom. The van der Waals surface area contributed by atoms with Crippen molar-refractivity contribution in [1.29, 1.82) is 0 Å². The second-order valence-corrected chi connectivity index (χ2v) is 7.79. The van der Waals surface area contributed by atoms with Crippen LogP contribution >= 0.6 is 0 Å². The molecule has 0 aliphatic carbocycles. The molecule has 1 aromatic carbocycles. The summed E-state index contributed by atoms with van der Waals surface area (Å²) in [5.74, 6) is 0. The van der Waals surface area contributed by atoms with Gasteiger partial charge in [0.05, 0.1) is 0 Å². The third-order valence-electron chi connectivity index (χ3n) is 6.00. The standard InChI is InChI=1S/C22H25N3/c1-14-3-8-20-18(11-14)22-19-7-6-17(24-19)12-21(22)25(20)10-9-16-5-4-15(2)23-13-16/h3-5,8,11,13,17,19,24H,6-7,9-10,12H2,1-2H3. The van der Waals surface area contributed by atoms with Crippen molar-refractivity contribution in [2.75, 3.05) is 0 Å². The second-order valence-electron chi connectivity index (χ2n) is 7.79. The van der Waals surface area contributed by atoms with E-state index < -0.39 is 0 Å². The lowest BCUT2D eigenvalue weighted by Crippen LogP contribution is -2.32. The molecule has 3 nitrogen and oxygen atoms in total. The molecule has 2 unspecified atom stereocenters. The van der Waals surface area contributed by atoms with Crippen LogP contribution in [0.25, 0.3) is 10.9 Å². The highest BCUT2D eigenvalue weighted by Gasteiger charge is 2.36. The van der Waals surface area contributed by atoms with E-state index in [2.05, 4.69) is 52.1 Å². The molecule has 2 atom stereocenters. The summed E-state index contributed by atoms with van der Waals surface area (Å²) >= 11 is 0. The van der Waals surface area contributed by atoms with Crippen LogP contribution in [0.15, 0.2) is 36.5 Å². The fourth-order valence-electron chi connectivity index (χ4n) is 4.74. The molecule has 2 aliphatic heterocycles. The summed E-state index contributed by atoms with van der Waals surface area (Å²) in [6, 6.07) is 12.5. The van der Waals surface area contributed by atoms with E-state index in [0.717, 1.165) is 18.7 Å². The average Bonchev–Trinajstić information content (AvgIpc) is 3.13. The summed E-state index contributed by atoms with van der Waals surface area (Å²) < 4.78 is 2.59. The van der Waals surface area contributed by atoms with E-state index in [4.69, 9.17) is 0 Å². The highest BCUT2D eigenvalue weighted by atomic mass is 15.1. The minimum Gasteiger partial charge on any atom is -0.344 e. The molecule has 2 aromatic heterocycles. The van der Waals surface area contributed by atoms with Crippen LogP contribution in [0.3, 0.4) is 0 Å². The lowest BCUT2D eigenvalue weighted by molar-refractivity contribution is 0.495. The zero-order chi connectivity index (χ0) is 17.0. The van der Waals surface area contributed by atoms with E-state index in [-0.39, 0.29) is 0 Å². The van der Waals surface area contributed by atoms with Crippen molar-refractivity contribution in [3.63, 3.8) is 0 Å². The molecule has 3 heteroatoms. The maximum atomic E-state index is 4.46. The van der Waals surface area contributed by atoms with Gasteiger partial charge in [0.2, 0.25) is 0 Å². The minimum atomic E-state index is 0.556. The summed E-state index contributed by atoms with van der Waals surface area (Å²) in [6.07, 6.45) is 6.84. The van der Waals surface area contributed by atoms with Gasteiger partial charge in [-0.25, -0.2) is 0 Å². The average molecular weight is 331 g/mol. The topological polar surface area (TPSA) is 29.9 Å². The summed E-state index contributed by atoms with van der Waals surface area (Å²) in [4.78, 5) is 4.46. The maximum absolute atomic E-state index is 4.46. The molecule has 4 heterocycles. The van der Waals surface area contributed by atoms with E-state index in [1.807, 2.05) is 13.1 Å². The SMILES string of the molecule is Cc1ccc2c(c1)c1c(n2CCc2ccc(C)nc2)CC2CCC1N2. The molecule has 1 N–H and O–H groups in total. The van der Waals surface area contributed by atoms with Gasteiger partial charge >= 0.3 is 0 Å². The first-order chi connectivity index (χ1) is 12.2. The first-order valence-corrected chi connectivity index (χ1v) is 9.48. The normalized spacial score (nSPS) is 21.7. The molecular weight excluding hydrogens is 306 g/mol. The number of aryl methyl sites for hydroxylation is 4. The molecule has 2 bridgehead atoms. The quantitative estimate of drug-likeness (QED) is 0.778. The van der Waals surface area contributed by atoms with Crippen LogP contribution in [0, 0.1) is 13.8 Å². The van der Waals surface area contributed by atoms with Gasteiger partial charge in [-0.2, -0.15) is 0 Å². The Bertz CT molecular complexity index is 936. The molecule has 0 radical (unpaired) electrons. The molecule has 128 valence electrons. The largest absolute Gasteiger partial charge is 0.344 e. The lowest BCUT2D eigenvalue weighted by atomic mass is 9.98. The van der Waals surface area contributed by atoms with Gasteiger partial charge in [0.15, 0.2) is 0 Å². The first kappa shape index (κ1) is 15.2. The van der Waals surface area contributed by atoms with Crippen LogP contribution in [-0.2, 0) is 19.4 Å². The zero-order valence-corrected chi connectivity index (χ0v) is 15.0. The Morgan fingerprint density at radius 2 is 2.08 bits per heavy atom. The van der Waals surface area contributed by atoms with Crippen molar-refractivity contribution in [3.8, 4) is 0 Å². The van der Waals surface area contributed by atoms with Crippen molar-refractivity contribution < 1.29 is 0 Å². The number of nitrogens with one attached hydrogen (secondary N) is 1. The van der Waals surface area contributed by atoms with Crippen LogP contribution < -0.4 is 5.32 Å². The van der Waals surface area contributed by atoms with Crippen molar-refractivity contribution in [1.82, 2.24) is 14.9 Å². The predicted molar refractivity (Wildman–Crippen MR) is 102 cm³/mol. The zero-order valence-electron chi connectivity index (χ0n) is 15.0. The minimum absolute atomic E-state index is 0.556.